The fourth-order valence-corrected chi connectivity index (χ4v) is 4.32. The molecule has 0 unspecified atom stereocenters. The number of carboxylic acid groups (broad SMARTS) is 1. The number of nitrogens with zero attached hydrogens (tertiary/aromatic N) is 3. The Labute approximate surface area is 210 Å². The Hall–Kier alpha value is -3.82. The van der Waals surface area contributed by atoms with Crippen LogP contribution in [0, 0.1) is 0 Å². The molecule has 1 N–H and O–H groups in total. The Morgan fingerprint density at radius 3 is 2.57 bits per heavy atom. The number of halogens is 1. The molecule has 0 aliphatic carbocycles. The van der Waals surface area contributed by atoms with Crippen LogP contribution in [0.3, 0.4) is 0 Å². The summed E-state index contributed by atoms with van der Waals surface area (Å²) in [5.41, 5.74) is 1.87. The molecule has 0 fully saturated rings. The third-order valence-electron chi connectivity index (χ3n) is 5.02. The smallest absolute Gasteiger partial charge is 0.342 e. The fraction of sp³-hybridized carbons (Fsp3) is 0.120. The van der Waals surface area contributed by atoms with Crippen LogP contribution >= 0.6 is 23.4 Å². The van der Waals surface area contributed by atoms with E-state index in [1.54, 1.807) is 48.5 Å². The van der Waals surface area contributed by atoms with E-state index in [0.29, 0.717) is 45.2 Å². The van der Waals surface area contributed by atoms with Crippen molar-refractivity contribution in [3.8, 4) is 22.7 Å². The summed E-state index contributed by atoms with van der Waals surface area (Å²) in [6.45, 7) is 2.47. The summed E-state index contributed by atoms with van der Waals surface area (Å²) in [4.78, 5) is 23.8. The first-order valence-corrected chi connectivity index (χ1v) is 11.7. The second-order valence-corrected chi connectivity index (χ2v) is 8.69. The molecule has 0 saturated heterocycles. The Morgan fingerprint density at radius 2 is 1.89 bits per heavy atom. The number of methoxy groups -OCH3 is 1. The highest BCUT2D eigenvalue weighted by molar-refractivity contribution is 8.04. The number of thioether (sulfide) groups is 1. The molecule has 2 aromatic heterocycles. The predicted molar refractivity (Wildman–Crippen MR) is 133 cm³/mol. The van der Waals surface area contributed by atoms with Crippen LogP contribution in [0.25, 0.3) is 28.8 Å². The zero-order chi connectivity index (χ0) is 24.9. The molecule has 4 aromatic rings. The lowest BCUT2D eigenvalue weighted by molar-refractivity contribution is -0.131. The normalized spacial score (nSPS) is 11.5. The molecule has 0 aliphatic heterocycles. The number of carbonyl (C=O) groups is 2. The van der Waals surface area contributed by atoms with Crippen molar-refractivity contribution in [1.82, 2.24) is 14.8 Å². The van der Waals surface area contributed by atoms with Crippen LogP contribution in [0.4, 0.5) is 0 Å². The maximum atomic E-state index is 12.0. The van der Waals surface area contributed by atoms with Gasteiger partial charge in [-0.3, -0.25) is 0 Å². The minimum atomic E-state index is -1.13. The van der Waals surface area contributed by atoms with Crippen LogP contribution in [0.15, 0.2) is 75.1 Å². The number of rotatable bonds is 8. The summed E-state index contributed by atoms with van der Waals surface area (Å²) < 4.78 is 12.4. The number of aromatic nitrogens is 3. The Balaban J connectivity index is 1.61. The molecule has 0 radical (unpaired) electrons. The van der Waals surface area contributed by atoms with E-state index in [1.165, 1.54) is 13.2 Å². The Kier molecular flexibility index (Phi) is 7.38. The van der Waals surface area contributed by atoms with Gasteiger partial charge in [0.2, 0.25) is 0 Å². The minimum absolute atomic E-state index is 0.0129. The van der Waals surface area contributed by atoms with Crippen LogP contribution in [-0.2, 0) is 16.1 Å². The van der Waals surface area contributed by atoms with E-state index in [9.17, 15) is 14.7 Å². The topological polar surface area (TPSA) is 107 Å². The van der Waals surface area contributed by atoms with Gasteiger partial charge in [-0.2, -0.15) is 0 Å². The molecule has 0 aliphatic rings. The summed E-state index contributed by atoms with van der Waals surface area (Å²) in [7, 11) is 1.31. The number of ether oxygens (including phenoxy) is 1. The first kappa shape index (κ1) is 24.3. The molecular weight excluding hydrogens is 490 g/mol. The van der Waals surface area contributed by atoms with E-state index >= 15 is 0 Å². The molecule has 2 heterocycles. The van der Waals surface area contributed by atoms with Gasteiger partial charge in [0.15, 0.2) is 11.0 Å². The third-order valence-corrected chi connectivity index (χ3v) is 6.26. The second kappa shape index (κ2) is 10.6. The molecular formula is C25H20ClN3O5S. The molecule has 8 nitrogen and oxygen atoms in total. The third kappa shape index (κ3) is 5.47. The highest BCUT2D eigenvalue weighted by Crippen LogP contribution is 2.32. The largest absolute Gasteiger partial charge is 0.477 e. The Morgan fingerprint density at radius 1 is 1.11 bits per heavy atom. The van der Waals surface area contributed by atoms with Crippen molar-refractivity contribution in [2.75, 3.05) is 7.11 Å². The second-order valence-electron chi connectivity index (χ2n) is 7.25. The fourth-order valence-electron chi connectivity index (χ4n) is 3.33. The van der Waals surface area contributed by atoms with Crippen molar-refractivity contribution in [3.05, 3.63) is 81.9 Å². The van der Waals surface area contributed by atoms with Gasteiger partial charge < -0.3 is 18.8 Å². The van der Waals surface area contributed by atoms with Gasteiger partial charge in [0.25, 0.3) is 0 Å². The minimum Gasteiger partial charge on any atom is -0.477 e. The zero-order valence-electron chi connectivity index (χ0n) is 18.8. The Bertz CT molecular complexity index is 1410. The van der Waals surface area contributed by atoms with Crippen molar-refractivity contribution in [3.63, 3.8) is 0 Å². The molecule has 0 amide bonds. The van der Waals surface area contributed by atoms with Crippen LogP contribution in [0.5, 0.6) is 0 Å². The number of carbonyl (C=O) groups excluding carboxylic acids is 1. The first-order valence-electron chi connectivity index (χ1n) is 10.5. The first-order chi connectivity index (χ1) is 16.9. The number of aliphatic carboxylic acids is 1. The predicted octanol–water partition coefficient (Wildman–Crippen LogP) is 5.88. The maximum Gasteiger partial charge on any atom is 0.342 e. The molecule has 0 spiro atoms. The van der Waals surface area contributed by atoms with Gasteiger partial charge in [0.1, 0.15) is 16.4 Å². The number of esters is 1. The van der Waals surface area contributed by atoms with E-state index in [1.807, 2.05) is 23.6 Å². The van der Waals surface area contributed by atoms with Crippen molar-refractivity contribution in [2.45, 2.75) is 18.6 Å². The molecule has 178 valence electrons. The monoisotopic (exact) mass is 509 g/mol. The van der Waals surface area contributed by atoms with Crippen molar-refractivity contribution < 1.29 is 23.8 Å². The van der Waals surface area contributed by atoms with Gasteiger partial charge in [-0.15, -0.1) is 10.2 Å². The number of carboxylic acids is 1. The van der Waals surface area contributed by atoms with Gasteiger partial charge in [0, 0.05) is 28.8 Å². The standard InChI is InChI=1S/C25H20ClN3O5S/c1-3-29-22(15-7-9-18(26)10-8-15)27-28-25(29)35-21(23(30)31)14-19-11-12-20(34-19)16-5-4-6-17(13-16)24(32)33-2/h4-14H,3H2,1-2H3,(H,30,31)/b21-14-. The van der Waals surface area contributed by atoms with Crippen molar-refractivity contribution >= 4 is 41.4 Å². The van der Waals surface area contributed by atoms with Crippen LogP contribution < -0.4 is 0 Å². The molecule has 2 aromatic carbocycles. The number of hydrogen-bond acceptors (Lipinski definition) is 7. The average Bonchev–Trinajstić information content (AvgIpc) is 3.50. The van der Waals surface area contributed by atoms with E-state index in [2.05, 4.69) is 10.2 Å². The van der Waals surface area contributed by atoms with Crippen LogP contribution in [0.2, 0.25) is 5.02 Å². The summed E-state index contributed by atoms with van der Waals surface area (Å²) in [6, 6.07) is 17.3. The van der Waals surface area contributed by atoms with Crippen LogP contribution in [-0.4, -0.2) is 38.9 Å². The lowest BCUT2D eigenvalue weighted by Crippen LogP contribution is -2.02. The molecule has 10 heteroatoms. The van der Waals surface area contributed by atoms with Gasteiger partial charge in [-0.1, -0.05) is 23.7 Å². The van der Waals surface area contributed by atoms with Crippen molar-refractivity contribution in [1.29, 1.82) is 0 Å². The number of hydrogen-bond donors (Lipinski definition) is 1. The van der Waals surface area contributed by atoms with E-state index in [0.717, 1.165) is 17.3 Å². The van der Waals surface area contributed by atoms with E-state index < -0.39 is 11.9 Å². The quantitative estimate of drug-likeness (QED) is 0.178. The van der Waals surface area contributed by atoms with Gasteiger partial charge in [-0.05, 0) is 67.2 Å². The van der Waals surface area contributed by atoms with E-state index in [4.69, 9.17) is 20.8 Å². The number of furan rings is 1. The van der Waals surface area contributed by atoms with Gasteiger partial charge in [0.05, 0.1) is 12.7 Å². The highest BCUT2D eigenvalue weighted by Gasteiger charge is 2.19. The summed E-state index contributed by atoms with van der Waals surface area (Å²) in [5.74, 6) is -0.144. The van der Waals surface area contributed by atoms with Gasteiger partial charge >= 0.3 is 11.9 Å². The van der Waals surface area contributed by atoms with E-state index in [-0.39, 0.29) is 4.91 Å². The lowest BCUT2D eigenvalue weighted by Gasteiger charge is -2.07. The van der Waals surface area contributed by atoms with Crippen LogP contribution in [0.1, 0.15) is 23.0 Å². The maximum absolute atomic E-state index is 12.0. The SMILES string of the molecule is CCn1c(S/C(=C\c2ccc(-c3cccc(C(=O)OC)c3)o2)C(=O)O)nnc1-c1ccc(Cl)cc1. The summed E-state index contributed by atoms with van der Waals surface area (Å²) in [5, 5.41) is 19.3. The zero-order valence-corrected chi connectivity index (χ0v) is 20.3. The molecule has 0 bridgehead atoms. The van der Waals surface area contributed by atoms with Gasteiger partial charge in [-0.25, -0.2) is 9.59 Å². The molecule has 35 heavy (non-hydrogen) atoms. The summed E-state index contributed by atoms with van der Waals surface area (Å²) in [6.07, 6.45) is 1.43. The summed E-state index contributed by atoms with van der Waals surface area (Å²) >= 11 is 6.96. The molecule has 0 atom stereocenters. The van der Waals surface area contributed by atoms with Crippen molar-refractivity contribution in [2.24, 2.45) is 0 Å². The molecule has 4 rings (SSSR count). The average molecular weight is 510 g/mol. The highest BCUT2D eigenvalue weighted by atomic mass is 35.5. The lowest BCUT2D eigenvalue weighted by atomic mass is 10.1. The molecule has 0 saturated carbocycles. The number of benzene rings is 2.